The molecule has 0 spiro atoms. The van der Waals surface area contributed by atoms with Gasteiger partial charge in [-0.2, -0.15) is 12.6 Å². The largest absolute Gasteiger partial charge is 0.481 e. The quantitative estimate of drug-likeness (QED) is 0.0950. The van der Waals surface area contributed by atoms with Gasteiger partial charge < -0.3 is 37.6 Å². The molecule has 0 rings (SSSR count). The summed E-state index contributed by atoms with van der Waals surface area (Å²) in [4.78, 5) is 60.1. The summed E-state index contributed by atoms with van der Waals surface area (Å²) in [5.41, 5.74) is 11.0. The summed E-state index contributed by atoms with van der Waals surface area (Å²) in [6.07, 6.45) is 0.604. The second-order valence-corrected chi connectivity index (χ2v) is 8.19. The van der Waals surface area contributed by atoms with Gasteiger partial charge in [-0.3, -0.25) is 19.2 Å². The molecule has 0 aliphatic heterocycles. The van der Waals surface area contributed by atoms with Crippen LogP contribution in [0.5, 0.6) is 0 Å². The number of carboxylic acids is 2. The van der Waals surface area contributed by atoms with Gasteiger partial charge in [0.05, 0.1) is 12.5 Å². The number of rotatable bonds is 16. The lowest BCUT2D eigenvalue weighted by molar-refractivity contribution is -0.143. The van der Waals surface area contributed by atoms with Crippen LogP contribution in [0.25, 0.3) is 0 Å². The Morgan fingerprint density at radius 1 is 0.875 bits per heavy atom. The van der Waals surface area contributed by atoms with Gasteiger partial charge in [0.1, 0.15) is 18.1 Å². The van der Waals surface area contributed by atoms with Crippen LogP contribution in [-0.4, -0.2) is 76.3 Å². The van der Waals surface area contributed by atoms with Crippen LogP contribution in [0.2, 0.25) is 0 Å². The van der Waals surface area contributed by atoms with E-state index >= 15 is 0 Å². The highest BCUT2D eigenvalue weighted by molar-refractivity contribution is 7.80. The van der Waals surface area contributed by atoms with Crippen molar-refractivity contribution in [3.05, 3.63) is 0 Å². The highest BCUT2D eigenvalue weighted by Crippen LogP contribution is 2.08. The topological polar surface area (TPSA) is 214 Å². The van der Waals surface area contributed by atoms with Crippen LogP contribution in [0.3, 0.4) is 0 Å². The van der Waals surface area contributed by atoms with E-state index in [4.69, 9.17) is 16.6 Å². The summed E-state index contributed by atoms with van der Waals surface area (Å²) in [5.74, 6) is -5.00. The summed E-state index contributed by atoms with van der Waals surface area (Å²) in [6, 6.07) is -4.84. The summed E-state index contributed by atoms with van der Waals surface area (Å²) >= 11 is 3.89. The van der Waals surface area contributed by atoms with Crippen LogP contribution in [-0.2, 0) is 24.0 Å². The number of amides is 3. The minimum atomic E-state index is -1.48. The van der Waals surface area contributed by atoms with Gasteiger partial charge in [-0.05, 0) is 38.1 Å². The minimum absolute atomic E-state index is 0.00659. The van der Waals surface area contributed by atoms with E-state index in [2.05, 4.69) is 28.6 Å². The smallest absolute Gasteiger partial charge is 0.326 e. The van der Waals surface area contributed by atoms with Crippen LogP contribution >= 0.6 is 12.6 Å². The Hall–Kier alpha value is -2.38. The van der Waals surface area contributed by atoms with Crippen LogP contribution in [0, 0.1) is 5.92 Å². The van der Waals surface area contributed by atoms with Gasteiger partial charge in [0.2, 0.25) is 17.7 Å². The first kappa shape index (κ1) is 29.6. The Morgan fingerprint density at radius 3 is 1.88 bits per heavy atom. The molecule has 0 fully saturated rings. The molecule has 0 aromatic heterocycles. The summed E-state index contributed by atoms with van der Waals surface area (Å²) in [7, 11) is 0. The maximum atomic E-state index is 12.7. The number of nitrogens with two attached hydrogens (primary N) is 2. The Morgan fingerprint density at radius 2 is 1.41 bits per heavy atom. The molecule has 0 radical (unpaired) electrons. The van der Waals surface area contributed by atoms with Crippen molar-refractivity contribution >= 4 is 42.3 Å². The van der Waals surface area contributed by atoms with E-state index in [1.807, 2.05) is 0 Å². The third-order valence-electron chi connectivity index (χ3n) is 4.45. The number of thiol groups is 1. The zero-order valence-electron chi connectivity index (χ0n) is 18.4. The second kappa shape index (κ2) is 15.4. The maximum absolute atomic E-state index is 12.7. The fourth-order valence-corrected chi connectivity index (χ4v) is 2.91. The third kappa shape index (κ3) is 11.9. The molecule has 4 atom stereocenters. The van der Waals surface area contributed by atoms with Crippen molar-refractivity contribution in [3.63, 3.8) is 0 Å². The molecule has 0 aromatic carbocycles. The summed E-state index contributed by atoms with van der Waals surface area (Å²) in [5, 5.41) is 25.5. The number of carbonyl (C=O) groups is 5. The van der Waals surface area contributed by atoms with Crippen molar-refractivity contribution in [3.8, 4) is 0 Å². The lowest BCUT2D eigenvalue weighted by Crippen LogP contribution is -2.57. The molecule has 13 heteroatoms. The Labute approximate surface area is 192 Å². The van der Waals surface area contributed by atoms with Gasteiger partial charge in [0.25, 0.3) is 0 Å². The first-order valence-electron chi connectivity index (χ1n) is 10.3. The van der Waals surface area contributed by atoms with E-state index in [1.54, 1.807) is 13.8 Å². The fraction of sp³-hybridized carbons (Fsp3) is 0.737. The molecule has 9 N–H and O–H groups in total. The summed E-state index contributed by atoms with van der Waals surface area (Å²) < 4.78 is 0. The van der Waals surface area contributed by atoms with Gasteiger partial charge in [0, 0.05) is 5.75 Å². The van der Waals surface area contributed by atoms with Crippen LogP contribution in [0.4, 0.5) is 0 Å². The highest BCUT2D eigenvalue weighted by Gasteiger charge is 2.31. The van der Waals surface area contributed by atoms with Crippen molar-refractivity contribution in [2.24, 2.45) is 17.4 Å². The molecule has 32 heavy (non-hydrogen) atoms. The molecule has 0 aromatic rings. The van der Waals surface area contributed by atoms with Gasteiger partial charge in [-0.25, -0.2) is 4.79 Å². The number of hydrogen-bond acceptors (Lipinski definition) is 8. The zero-order chi connectivity index (χ0) is 24.8. The maximum Gasteiger partial charge on any atom is 0.326 e. The Balaban J connectivity index is 5.48. The van der Waals surface area contributed by atoms with E-state index in [0.717, 1.165) is 0 Å². The van der Waals surface area contributed by atoms with Crippen molar-refractivity contribution in [2.75, 3.05) is 12.3 Å². The van der Waals surface area contributed by atoms with Crippen LogP contribution in [0.15, 0.2) is 0 Å². The highest BCUT2D eigenvalue weighted by atomic mass is 32.1. The number of aliphatic carboxylic acids is 2. The van der Waals surface area contributed by atoms with Gasteiger partial charge in [-0.1, -0.05) is 13.8 Å². The Bertz CT molecular complexity index is 662. The monoisotopic (exact) mass is 477 g/mol. The van der Waals surface area contributed by atoms with Gasteiger partial charge >= 0.3 is 11.9 Å². The van der Waals surface area contributed by atoms with Crippen molar-refractivity contribution in [1.29, 1.82) is 0 Å². The molecule has 12 nitrogen and oxygen atoms in total. The second-order valence-electron chi connectivity index (χ2n) is 7.82. The molecule has 0 saturated carbocycles. The molecule has 3 amide bonds. The summed E-state index contributed by atoms with van der Waals surface area (Å²) in [6.45, 7) is 3.96. The molecular weight excluding hydrogens is 442 g/mol. The van der Waals surface area contributed by atoms with Gasteiger partial charge in [0.15, 0.2) is 0 Å². The fourth-order valence-electron chi connectivity index (χ4n) is 2.74. The lowest BCUT2D eigenvalue weighted by atomic mass is 10.0. The molecular formula is C19H35N5O7S. The molecule has 0 saturated heterocycles. The van der Waals surface area contributed by atoms with E-state index in [-0.39, 0.29) is 24.5 Å². The first-order valence-corrected chi connectivity index (χ1v) is 11.0. The number of hydrogen-bond donors (Lipinski definition) is 8. The third-order valence-corrected chi connectivity index (χ3v) is 4.84. The number of nitrogens with one attached hydrogen (secondary N) is 3. The number of unbranched alkanes of at least 4 members (excludes halogenated alkanes) is 1. The SMILES string of the molecule is CC(C)CC(NC(=O)C(CCCCN)NC(=O)C(CC(=O)O)NC(=O)C(N)CS)C(=O)O. The van der Waals surface area contributed by atoms with Crippen molar-refractivity contribution < 1.29 is 34.2 Å². The molecule has 0 aliphatic rings. The lowest BCUT2D eigenvalue weighted by Gasteiger charge is -2.25. The van der Waals surface area contributed by atoms with E-state index < -0.39 is 60.2 Å². The molecule has 184 valence electrons. The molecule has 0 aliphatic carbocycles. The molecule has 4 unspecified atom stereocenters. The predicted molar refractivity (Wildman–Crippen MR) is 120 cm³/mol. The van der Waals surface area contributed by atoms with Crippen LogP contribution in [0.1, 0.15) is 46.0 Å². The average Bonchev–Trinajstić information content (AvgIpc) is 2.70. The molecule has 0 heterocycles. The van der Waals surface area contributed by atoms with Crippen molar-refractivity contribution in [1.82, 2.24) is 16.0 Å². The minimum Gasteiger partial charge on any atom is -0.481 e. The van der Waals surface area contributed by atoms with E-state index in [0.29, 0.717) is 19.4 Å². The normalized spacial score (nSPS) is 14.7. The van der Waals surface area contributed by atoms with Crippen LogP contribution < -0.4 is 27.4 Å². The Kier molecular flexibility index (Phi) is 14.3. The van der Waals surface area contributed by atoms with Crippen molar-refractivity contribution in [2.45, 2.75) is 70.1 Å². The van der Waals surface area contributed by atoms with E-state index in [1.165, 1.54) is 0 Å². The number of carboxylic acid groups (broad SMARTS) is 2. The van der Waals surface area contributed by atoms with E-state index in [9.17, 15) is 29.1 Å². The number of carbonyl (C=O) groups excluding carboxylic acids is 3. The standard InChI is InChI=1S/C19H35N5O7S/c1-10(2)7-14(19(30)31)24-17(28)12(5-3-4-6-20)22-18(29)13(8-15(25)26)23-16(27)11(21)9-32/h10-14,32H,3-9,20-21H2,1-2H3,(H,22,29)(H,23,27)(H,24,28)(H,25,26)(H,30,31). The zero-order valence-corrected chi connectivity index (χ0v) is 19.3. The average molecular weight is 478 g/mol. The van der Waals surface area contributed by atoms with Gasteiger partial charge in [-0.15, -0.1) is 0 Å². The molecule has 0 bridgehead atoms. The predicted octanol–water partition coefficient (Wildman–Crippen LogP) is -1.57. The first-order chi connectivity index (χ1) is 14.9.